The van der Waals surface area contributed by atoms with Crippen molar-refractivity contribution in [1.29, 1.82) is 0 Å². The first-order chi connectivity index (χ1) is 7.46. The van der Waals surface area contributed by atoms with E-state index in [1.165, 1.54) is 33.4 Å². The lowest BCUT2D eigenvalue weighted by Crippen LogP contribution is -2.19. The van der Waals surface area contributed by atoms with Gasteiger partial charge in [0.25, 0.3) is 0 Å². The van der Waals surface area contributed by atoms with Crippen molar-refractivity contribution in [2.45, 2.75) is 4.90 Å². The fraction of sp³-hybridized carbons (Fsp3) is 0.333. The molecule has 0 aromatic heterocycles. The van der Waals surface area contributed by atoms with Gasteiger partial charge < -0.3 is 15.2 Å². The smallest absolute Gasteiger partial charge is 0.240 e. The summed E-state index contributed by atoms with van der Waals surface area (Å²) in [4.78, 5) is 0.0325. The van der Waals surface area contributed by atoms with Gasteiger partial charge in [0.1, 0.15) is 0 Å². The van der Waals surface area contributed by atoms with Crippen LogP contribution < -0.4 is 19.9 Å². The molecule has 0 atom stereocenters. The lowest BCUT2D eigenvalue weighted by Gasteiger charge is -2.12. The zero-order chi connectivity index (χ0) is 12.3. The van der Waals surface area contributed by atoms with E-state index in [1.54, 1.807) is 0 Å². The Kier molecular flexibility index (Phi) is 3.61. The van der Waals surface area contributed by atoms with Crippen molar-refractivity contribution in [3.63, 3.8) is 0 Å². The fourth-order valence-corrected chi connectivity index (χ4v) is 2.02. The minimum atomic E-state index is -3.54. The molecule has 7 heteroatoms. The number of nitrogens with one attached hydrogen (secondary N) is 1. The molecule has 0 aliphatic heterocycles. The van der Waals surface area contributed by atoms with Crippen LogP contribution in [0.2, 0.25) is 0 Å². The third-order valence-corrected chi connectivity index (χ3v) is 3.45. The maximum atomic E-state index is 11.6. The molecule has 0 radical (unpaired) electrons. The van der Waals surface area contributed by atoms with Crippen LogP contribution in [-0.2, 0) is 10.0 Å². The average Bonchev–Trinajstić information content (AvgIpc) is 2.27. The van der Waals surface area contributed by atoms with E-state index < -0.39 is 10.0 Å². The second-order valence-corrected chi connectivity index (χ2v) is 4.84. The number of ether oxygens (including phenoxy) is 2. The summed E-state index contributed by atoms with van der Waals surface area (Å²) in [5.41, 5.74) is 5.87. The summed E-state index contributed by atoms with van der Waals surface area (Å²) in [6.07, 6.45) is 0. The minimum Gasteiger partial charge on any atom is -0.493 e. The van der Waals surface area contributed by atoms with Crippen LogP contribution in [0.25, 0.3) is 0 Å². The molecule has 0 fully saturated rings. The molecule has 1 rings (SSSR count). The molecule has 0 heterocycles. The summed E-state index contributed by atoms with van der Waals surface area (Å²) in [5, 5.41) is 0. The monoisotopic (exact) mass is 246 g/mol. The Balaban J connectivity index is 3.43. The maximum Gasteiger partial charge on any atom is 0.240 e. The Bertz CT molecular complexity index is 485. The SMILES string of the molecule is CNS(=O)(=O)c1cc(N)c(OC)c(OC)c1. The number of hydrogen-bond acceptors (Lipinski definition) is 5. The van der Waals surface area contributed by atoms with Gasteiger partial charge in [-0.1, -0.05) is 0 Å². The number of nitrogens with two attached hydrogens (primary N) is 1. The van der Waals surface area contributed by atoms with Crippen molar-refractivity contribution in [2.24, 2.45) is 0 Å². The second-order valence-electron chi connectivity index (χ2n) is 2.96. The summed E-state index contributed by atoms with van der Waals surface area (Å²) in [6.45, 7) is 0. The highest BCUT2D eigenvalue weighted by atomic mass is 32.2. The molecular weight excluding hydrogens is 232 g/mol. The molecule has 0 unspecified atom stereocenters. The van der Waals surface area contributed by atoms with Crippen LogP contribution in [0.3, 0.4) is 0 Å². The van der Waals surface area contributed by atoms with E-state index in [-0.39, 0.29) is 16.3 Å². The topological polar surface area (TPSA) is 90.7 Å². The lowest BCUT2D eigenvalue weighted by atomic mass is 10.3. The van der Waals surface area contributed by atoms with E-state index in [4.69, 9.17) is 15.2 Å². The number of benzene rings is 1. The molecule has 0 spiro atoms. The van der Waals surface area contributed by atoms with Gasteiger partial charge in [-0.3, -0.25) is 0 Å². The maximum absolute atomic E-state index is 11.6. The summed E-state index contributed by atoms with van der Waals surface area (Å²) in [5.74, 6) is 0.592. The zero-order valence-corrected chi connectivity index (χ0v) is 10.1. The van der Waals surface area contributed by atoms with E-state index in [9.17, 15) is 8.42 Å². The molecule has 0 aliphatic carbocycles. The van der Waals surface area contributed by atoms with Gasteiger partial charge in [-0.2, -0.15) is 0 Å². The first kappa shape index (κ1) is 12.6. The number of nitrogen functional groups attached to an aromatic ring is 1. The van der Waals surface area contributed by atoms with Gasteiger partial charge in [0.15, 0.2) is 11.5 Å². The van der Waals surface area contributed by atoms with E-state index in [0.29, 0.717) is 5.75 Å². The van der Waals surface area contributed by atoms with Gasteiger partial charge in [0.05, 0.1) is 24.8 Å². The molecule has 0 amide bonds. The molecule has 0 saturated heterocycles. The highest BCUT2D eigenvalue weighted by Gasteiger charge is 2.17. The normalized spacial score (nSPS) is 11.2. The Morgan fingerprint density at radius 1 is 1.25 bits per heavy atom. The summed E-state index contributed by atoms with van der Waals surface area (Å²) in [7, 11) is 0.619. The summed E-state index contributed by atoms with van der Waals surface area (Å²) < 4.78 is 35.3. The predicted octanol–water partition coefficient (Wildman–Crippen LogP) is 0.194. The molecular formula is C9H14N2O4S. The molecule has 3 N–H and O–H groups in total. The van der Waals surface area contributed by atoms with Crippen LogP contribution in [0.15, 0.2) is 17.0 Å². The minimum absolute atomic E-state index is 0.0325. The van der Waals surface area contributed by atoms with E-state index in [1.807, 2.05) is 0 Å². The Morgan fingerprint density at radius 3 is 2.31 bits per heavy atom. The Hall–Kier alpha value is -1.47. The van der Waals surface area contributed by atoms with Crippen LogP contribution in [0, 0.1) is 0 Å². The van der Waals surface area contributed by atoms with Crippen molar-refractivity contribution >= 4 is 15.7 Å². The van der Waals surface area contributed by atoms with Crippen molar-refractivity contribution < 1.29 is 17.9 Å². The van der Waals surface area contributed by atoms with Gasteiger partial charge in [0.2, 0.25) is 10.0 Å². The van der Waals surface area contributed by atoms with E-state index in [2.05, 4.69) is 4.72 Å². The first-order valence-electron chi connectivity index (χ1n) is 4.41. The standard InChI is InChI=1S/C9H14N2O4S/c1-11-16(12,13)6-4-7(10)9(15-3)8(5-6)14-2/h4-5,11H,10H2,1-3H3. The molecule has 0 bridgehead atoms. The number of methoxy groups -OCH3 is 2. The molecule has 90 valence electrons. The Labute approximate surface area is 94.4 Å². The summed E-state index contributed by atoms with van der Waals surface area (Å²) in [6, 6.07) is 2.66. The van der Waals surface area contributed by atoms with Crippen LogP contribution in [0.5, 0.6) is 11.5 Å². The molecule has 0 saturated carbocycles. The van der Waals surface area contributed by atoms with Gasteiger partial charge in [0, 0.05) is 6.07 Å². The third kappa shape index (κ3) is 2.20. The van der Waals surface area contributed by atoms with Gasteiger partial charge in [-0.25, -0.2) is 13.1 Å². The largest absolute Gasteiger partial charge is 0.493 e. The van der Waals surface area contributed by atoms with Gasteiger partial charge in [-0.05, 0) is 13.1 Å². The molecule has 1 aromatic carbocycles. The van der Waals surface area contributed by atoms with Crippen LogP contribution in [0.1, 0.15) is 0 Å². The molecule has 6 nitrogen and oxygen atoms in total. The van der Waals surface area contributed by atoms with Crippen molar-refractivity contribution in [2.75, 3.05) is 27.0 Å². The highest BCUT2D eigenvalue weighted by Crippen LogP contribution is 2.35. The summed E-state index contributed by atoms with van der Waals surface area (Å²) >= 11 is 0. The molecule has 0 aliphatic rings. The second kappa shape index (κ2) is 4.58. The van der Waals surface area contributed by atoms with Crippen molar-refractivity contribution in [1.82, 2.24) is 4.72 Å². The van der Waals surface area contributed by atoms with E-state index >= 15 is 0 Å². The van der Waals surface area contributed by atoms with Crippen molar-refractivity contribution in [3.05, 3.63) is 12.1 Å². The average molecular weight is 246 g/mol. The lowest BCUT2D eigenvalue weighted by molar-refractivity contribution is 0.355. The Morgan fingerprint density at radius 2 is 1.88 bits per heavy atom. The predicted molar refractivity (Wildman–Crippen MR) is 60.2 cm³/mol. The quantitative estimate of drug-likeness (QED) is 0.740. The number of hydrogen-bond donors (Lipinski definition) is 2. The zero-order valence-electron chi connectivity index (χ0n) is 9.27. The van der Waals surface area contributed by atoms with Gasteiger partial charge >= 0.3 is 0 Å². The number of sulfonamides is 1. The highest BCUT2D eigenvalue weighted by molar-refractivity contribution is 7.89. The van der Waals surface area contributed by atoms with Crippen LogP contribution in [-0.4, -0.2) is 29.7 Å². The molecule has 16 heavy (non-hydrogen) atoms. The third-order valence-electron chi connectivity index (χ3n) is 2.06. The van der Waals surface area contributed by atoms with Crippen LogP contribution >= 0.6 is 0 Å². The van der Waals surface area contributed by atoms with Crippen molar-refractivity contribution in [3.8, 4) is 11.5 Å². The molecule has 1 aromatic rings. The number of rotatable bonds is 4. The number of anilines is 1. The van der Waals surface area contributed by atoms with Crippen LogP contribution in [0.4, 0.5) is 5.69 Å². The fourth-order valence-electron chi connectivity index (χ4n) is 1.24. The van der Waals surface area contributed by atoms with E-state index in [0.717, 1.165) is 0 Å². The van der Waals surface area contributed by atoms with Gasteiger partial charge in [-0.15, -0.1) is 0 Å². The first-order valence-corrected chi connectivity index (χ1v) is 5.89.